The SMILES string of the molecule is CCOc1cccc(OCC(=O)c2ccccc2OC)c1. The van der Waals surface area contributed by atoms with E-state index in [-0.39, 0.29) is 12.4 Å². The number of hydrogen-bond donors (Lipinski definition) is 0. The van der Waals surface area contributed by atoms with Crippen molar-refractivity contribution in [2.75, 3.05) is 20.3 Å². The zero-order chi connectivity index (χ0) is 15.1. The summed E-state index contributed by atoms with van der Waals surface area (Å²) in [4.78, 5) is 12.2. The van der Waals surface area contributed by atoms with Crippen LogP contribution in [0.1, 0.15) is 17.3 Å². The first kappa shape index (κ1) is 14.9. The van der Waals surface area contributed by atoms with Crippen LogP contribution in [-0.4, -0.2) is 26.1 Å². The number of ether oxygens (including phenoxy) is 3. The maximum atomic E-state index is 12.2. The fourth-order valence-corrected chi connectivity index (χ4v) is 1.92. The van der Waals surface area contributed by atoms with Crippen molar-refractivity contribution in [2.24, 2.45) is 0 Å². The van der Waals surface area contributed by atoms with Gasteiger partial charge in [-0.1, -0.05) is 18.2 Å². The number of para-hydroxylation sites is 1. The Hall–Kier alpha value is -2.49. The van der Waals surface area contributed by atoms with Crippen LogP contribution < -0.4 is 14.2 Å². The molecule has 0 aliphatic rings. The molecule has 0 spiro atoms. The number of methoxy groups -OCH3 is 1. The Morgan fingerprint density at radius 1 is 1.00 bits per heavy atom. The average molecular weight is 286 g/mol. The summed E-state index contributed by atoms with van der Waals surface area (Å²) in [7, 11) is 1.54. The molecule has 2 aromatic carbocycles. The van der Waals surface area contributed by atoms with Gasteiger partial charge in [-0.15, -0.1) is 0 Å². The molecule has 0 radical (unpaired) electrons. The first-order valence-electron chi connectivity index (χ1n) is 6.76. The molecule has 0 fully saturated rings. The molecule has 0 heterocycles. The fourth-order valence-electron chi connectivity index (χ4n) is 1.92. The van der Waals surface area contributed by atoms with Crippen molar-refractivity contribution in [3.63, 3.8) is 0 Å². The molecule has 0 saturated carbocycles. The Morgan fingerprint density at radius 2 is 1.71 bits per heavy atom. The average Bonchev–Trinajstić information content (AvgIpc) is 2.53. The molecule has 0 atom stereocenters. The Kier molecular flexibility index (Phi) is 5.21. The van der Waals surface area contributed by atoms with Gasteiger partial charge in [-0.25, -0.2) is 0 Å². The molecule has 0 aliphatic heterocycles. The van der Waals surface area contributed by atoms with E-state index in [4.69, 9.17) is 14.2 Å². The molecule has 0 unspecified atom stereocenters. The van der Waals surface area contributed by atoms with Crippen LogP contribution in [0.5, 0.6) is 17.2 Å². The number of hydrogen-bond acceptors (Lipinski definition) is 4. The molecule has 4 heteroatoms. The summed E-state index contributed by atoms with van der Waals surface area (Å²) in [5.74, 6) is 1.74. The normalized spacial score (nSPS) is 10.0. The van der Waals surface area contributed by atoms with Gasteiger partial charge in [0.25, 0.3) is 0 Å². The first-order chi connectivity index (χ1) is 10.2. The molecule has 2 aromatic rings. The van der Waals surface area contributed by atoms with E-state index < -0.39 is 0 Å². The first-order valence-corrected chi connectivity index (χ1v) is 6.76. The summed E-state index contributed by atoms with van der Waals surface area (Å²) in [6.07, 6.45) is 0. The van der Waals surface area contributed by atoms with E-state index >= 15 is 0 Å². The predicted octanol–water partition coefficient (Wildman–Crippen LogP) is 3.36. The largest absolute Gasteiger partial charge is 0.496 e. The second-order valence-corrected chi connectivity index (χ2v) is 4.32. The fraction of sp³-hybridized carbons (Fsp3) is 0.235. The van der Waals surface area contributed by atoms with Crippen molar-refractivity contribution in [3.8, 4) is 17.2 Å². The van der Waals surface area contributed by atoms with Crippen LogP contribution in [0, 0.1) is 0 Å². The Balaban J connectivity index is 2.02. The number of carbonyl (C=O) groups excluding carboxylic acids is 1. The molecular formula is C17H18O4. The van der Waals surface area contributed by atoms with Gasteiger partial charge < -0.3 is 14.2 Å². The summed E-state index contributed by atoms with van der Waals surface area (Å²) in [5.41, 5.74) is 0.515. The van der Waals surface area contributed by atoms with E-state index in [2.05, 4.69) is 0 Å². The zero-order valence-corrected chi connectivity index (χ0v) is 12.2. The van der Waals surface area contributed by atoms with Gasteiger partial charge in [0.1, 0.15) is 17.2 Å². The molecule has 0 N–H and O–H groups in total. The van der Waals surface area contributed by atoms with Crippen LogP contribution in [0.2, 0.25) is 0 Å². The van der Waals surface area contributed by atoms with Crippen molar-refractivity contribution in [2.45, 2.75) is 6.92 Å². The second kappa shape index (κ2) is 7.33. The maximum absolute atomic E-state index is 12.2. The van der Waals surface area contributed by atoms with E-state index in [9.17, 15) is 4.79 Å². The Bertz CT molecular complexity index is 607. The van der Waals surface area contributed by atoms with E-state index in [1.165, 1.54) is 0 Å². The van der Waals surface area contributed by atoms with Gasteiger partial charge in [0.2, 0.25) is 5.78 Å². The van der Waals surface area contributed by atoms with Gasteiger partial charge >= 0.3 is 0 Å². The number of ketones is 1. The maximum Gasteiger partial charge on any atom is 0.203 e. The van der Waals surface area contributed by atoms with Crippen LogP contribution in [0.4, 0.5) is 0 Å². The quantitative estimate of drug-likeness (QED) is 0.732. The molecule has 0 bridgehead atoms. The summed E-state index contributed by atoms with van der Waals surface area (Å²) in [6.45, 7) is 2.46. The molecule has 2 rings (SSSR count). The van der Waals surface area contributed by atoms with Crippen LogP contribution in [0.3, 0.4) is 0 Å². The monoisotopic (exact) mass is 286 g/mol. The smallest absolute Gasteiger partial charge is 0.203 e. The number of rotatable bonds is 7. The van der Waals surface area contributed by atoms with Gasteiger partial charge in [-0.05, 0) is 31.2 Å². The van der Waals surface area contributed by atoms with Gasteiger partial charge in [-0.3, -0.25) is 4.79 Å². The number of benzene rings is 2. The summed E-state index contributed by atoms with van der Waals surface area (Å²) in [6, 6.07) is 14.3. The third kappa shape index (κ3) is 3.99. The van der Waals surface area contributed by atoms with E-state index in [0.29, 0.717) is 23.7 Å². The molecule has 0 saturated heterocycles. The topological polar surface area (TPSA) is 44.8 Å². The minimum atomic E-state index is -0.130. The van der Waals surface area contributed by atoms with Crippen molar-refractivity contribution in [1.82, 2.24) is 0 Å². The van der Waals surface area contributed by atoms with Gasteiger partial charge in [0.15, 0.2) is 6.61 Å². The predicted molar refractivity (Wildman–Crippen MR) is 80.4 cm³/mol. The lowest BCUT2D eigenvalue weighted by molar-refractivity contribution is 0.0918. The van der Waals surface area contributed by atoms with Gasteiger partial charge in [0.05, 0.1) is 19.3 Å². The molecule has 0 aromatic heterocycles. The highest BCUT2D eigenvalue weighted by atomic mass is 16.5. The van der Waals surface area contributed by atoms with E-state index in [1.54, 1.807) is 37.4 Å². The van der Waals surface area contributed by atoms with Crippen molar-refractivity contribution >= 4 is 5.78 Å². The summed E-state index contributed by atoms with van der Waals surface area (Å²) < 4.78 is 16.1. The molecule has 4 nitrogen and oxygen atoms in total. The van der Waals surface area contributed by atoms with Gasteiger partial charge in [-0.2, -0.15) is 0 Å². The van der Waals surface area contributed by atoms with Crippen molar-refractivity contribution in [3.05, 3.63) is 54.1 Å². The van der Waals surface area contributed by atoms with Crippen LogP contribution in [-0.2, 0) is 0 Å². The number of Topliss-reactive ketones (excluding diaryl/α,β-unsaturated/α-hetero) is 1. The van der Waals surface area contributed by atoms with E-state index in [1.807, 2.05) is 25.1 Å². The van der Waals surface area contributed by atoms with Crippen LogP contribution >= 0.6 is 0 Å². The standard InChI is InChI=1S/C17H18O4/c1-3-20-13-7-6-8-14(11-13)21-12-16(18)15-9-4-5-10-17(15)19-2/h4-11H,3,12H2,1-2H3. The second-order valence-electron chi connectivity index (χ2n) is 4.32. The Labute approximate surface area is 124 Å². The lowest BCUT2D eigenvalue weighted by atomic mass is 10.1. The minimum absolute atomic E-state index is 0.0457. The summed E-state index contributed by atoms with van der Waals surface area (Å²) >= 11 is 0. The zero-order valence-electron chi connectivity index (χ0n) is 12.2. The van der Waals surface area contributed by atoms with Crippen molar-refractivity contribution in [1.29, 1.82) is 0 Å². The van der Waals surface area contributed by atoms with Crippen molar-refractivity contribution < 1.29 is 19.0 Å². The lowest BCUT2D eigenvalue weighted by Gasteiger charge is -2.10. The Morgan fingerprint density at radius 3 is 2.43 bits per heavy atom. The lowest BCUT2D eigenvalue weighted by Crippen LogP contribution is -2.12. The van der Waals surface area contributed by atoms with Gasteiger partial charge in [0, 0.05) is 6.07 Å². The molecule has 0 amide bonds. The number of carbonyl (C=O) groups is 1. The minimum Gasteiger partial charge on any atom is -0.496 e. The highest BCUT2D eigenvalue weighted by molar-refractivity contribution is 5.99. The molecular weight excluding hydrogens is 268 g/mol. The third-order valence-electron chi connectivity index (χ3n) is 2.89. The van der Waals surface area contributed by atoms with Crippen LogP contribution in [0.25, 0.3) is 0 Å². The molecule has 21 heavy (non-hydrogen) atoms. The highest BCUT2D eigenvalue weighted by Crippen LogP contribution is 2.21. The highest BCUT2D eigenvalue weighted by Gasteiger charge is 2.12. The third-order valence-corrected chi connectivity index (χ3v) is 2.89. The van der Waals surface area contributed by atoms with E-state index in [0.717, 1.165) is 5.75 Å². The summed E-state index contributed by atoms with van der Waals surface area (Å²) in [5, 5.41) is 0. The molecule has 110 valence electrons. The van der Waals surface area contributed by atoms with Crippen LogP contribution in [0.15, 0.2) is 48.5 Å². The molecule has 0 aliphatic carbocycles.